The Labute approximate surface area is 178 Å². The van der Waals surface area contributed by atoms with E-state index in [0.717, 1.165) is 6.42 Å². The average Bonchev–Trinajstić information content (AvgIpc) is 3.26. The number of likely N-dealkylation sites (tertiary alicyclic amines) is 1. The first-order chi connectivity index (χ1) is 14.9. The van der Waals surface area contributed by atoms with Gasteiger partial charge in [-0.15, -0.1) is 0 Å². The van der Waals surface area contributed by atoms with Gasteiger partial charge >= 0.3 is 0 Å². The first kappa shape index (κ1) is 20.5. The van der Waals surface area contributed by atoms with E-state index in [1.807, 2.05) is 18.2 Å². The molecule has 1 atom stereocenters. The lowest BCUT2D eigenvalue weighted by Crippen LogP contribution is -2.45. The van der Waals surface area contributed by atoms with Crippen LogP contribution in [-0.4, -0.2) is 35.9 Å². The van der Waals surface area contributed by atoms with Gasteiger partial charge < -0.3 is 24.5 Å². The van der Waals surface area contributed by atoms with Gasteiger partial charge in [-0.3, -0.25) is 14.4 Å². The van der Waals surface area contributed by atoms with Crippen molar-refractivity contribution in [2.75, 3.05) is 13.2 Å². The number of benzene rings is 2. The van der Waals surface area contributed by atoms with Gasteiger partial charge in [0.2, 0.25) is 17.1 Å². The molecule has 2 amide bonds. The third kappa shape index (κ3) is 4.23. The first-order valence-electron chi connectivity index (χ1n) is 9.96. The fourth-order valence-corrected chi connectivity index (χ4v) is 3.67. The molecule has 1 fully saturated rings. The summed E-state index contributed by atoms with van der Waals surface area (Å²) in [6.45, 7) is 1.88. The van der Waals surface area contributed by atoms with Crippen LogP contribution in [0.15, 0.2) is 57.7 Å². The molecule has 2 heterocycles. The smallest absolute Gasteiger partial charge is 0.261 e. The van der Waals surface area contributed by atoms with Crippen LogP contribution in [0.4, 0.5) is 0 Å². The number of hydrogen-bond acceptors (Lipinski definition) is 6. The summed E-state index contributed by atoms with van der Waals surface area (Å²) >= 11 is 0. The Morgan fingerprint density at radius 3 is 2.68 bits per heavy atom. The molecule has 1 aromatic heterocycles. The highest BCUT2D eigenvalue weighted by atomic mass is 16.5. The van der Waals surface area contributed by atoms with E-state index in [9.17, 15) is 14.4 Å². The van der Waals surface area contributed by atoms with E-state index in [1.54, 1.807) is 37.3 Å². The van der Waals surface area contributed by atoms with Crippen molar-refractivity contribution in [3.05, 3.63) is 64.5 Å². The maximum Gasteiger partial charge on any atom is 0.261 e. The summed E-state index contributed by atoms with van der Waals surface area (Å²) in [4.78, 5) is 38.2. The van der Waals surface area contributed by atoms with E-state index in [-0.39, 0.29) is 23.7 Å². The van der Waals surface area contributed by atoms with Crippen molar-refractivity contribution < 1.29 is 23.5 Å². The maximum atomic E-state index is 12.9. The van der Waals surface area contributed by atoms with E-state index >= 15 is 0 Å². The van der Waals surface area contributed by atoms with Gasteiger partial charge in [-0.2, -0.15) is 0 Å². The second-order valence-electron chi connectivity index (χ2n) is 7.33. The highest BCUT2D eigenvalue weighted by Gasteiger charge is 2.32. The molecular weight excluding hydrogens is 400 g/mol. The zero-order valence-corrected chi connectivity index (χ0v) is 17.0. The molecule has 8 heteroatoms. The first-order valence-corrected chi connectivity index (χ1v) is 9.96. The van der Waals surface area contributed by atoms with Crippen molar-refractivity contribution in [3.8, 4) is 17.2 Å². The Hall–Kier alpha value is -3.81. The highest BCUT2D eigenvalue weighted by molar-refractivity contribution is 5.88. The molecule has 0 aliphatic carbocycles. The molecule has 0 spiro atoms. The molecule has 3 aromatic rings. The molecule has 4 rings (SSSR count). The van der Waals surface area contributed by atoms with Crippen molar-refractivity contribution in [3.63, 3.8) is 0 Å². The van der Waals surface area contributed by atoms with E-state index in [0.29, 0.717) is 41.2 Å². The third-order valence-corrected chi connectivity index (χ3v) is 5.21. The van der Waals surface area contributed by atoms with Gasteiger partial charge in [0.1, 0.15) is 28.9 Å². The van der Waals surface area contributed by atoms with Crippen LogP contribution in [0, 0.1) is 6.92 Å². The molecule has 1 unspecified atom stereocenters. The molecule has 0 radical (unpaired) electrons. The summed E-state index contributed by atoms with van der Waals surface area (Å²) in [7, 11) is 0. The Kier molecular flexibility index (Phi) is 5.62. The highest BCUT2D eigenvalue weighted by Crippen LogP contribution is 2.27. The summed E-state index contributed by atoms with van der Waals surface area (Å²) in [5.74, 6) is 0.528. The minimum Gasteiger partial charge on any atom is -0.484 e. The van der Waals surface area contributed by atoms with Gasteiger partial charge in [0.25, 0.3) is 5.91 Å². The molecule has 0 bridgehead atoms. The number of hydrogen-bond donors (Lipinski definition) is 1. The van der Waals surface area contributed by atoms with Gasteiger partial charge in [-0.05, 0) is 44.0 Å². The molecule has 2 N–H and O–H groups in total. The molecule has 0 saturated carbocycles. The standard InChI is InChI=1S/C23H22N2O6/c1-14-22(31-15-6-3-2-4-7-15)21(27)17-10-9-16(12-19(17)30-14)29-13-20(26)25-11-5-8-18(25)23(24)28/h2-4,6-7,9-10,12,18H,5,8,11,13H2,1H3,(H2,24,28). The zero-order chi connectivity index (χ0) is 22.0. The largest absolute Gasteiger partial charge is 0.484 e. The second kappa shape index (κ2) is 8.51. The molecular formula is C23H22N2O6. The predicted molar refractivity (Wildman–Crippen MR) is 113 cm³/mol. The van der Waals surface area contributed by atoms with Crippen LogP contribution in [0.2, 0.25) is 0 Å². The van der Waals surface area contributed by atoms with Gasteiger partial charge in [0.05, 0.1) is 5.39 Å². The number of ether oxygens (including phenoxy) is 2. The van der Waals surface area contributed by atoms with Crippen LogP contribution in [0.3, 0.4) is 0 Å². The maximum absolute atomic E-state index is 12.9. The summed E-state index contributed by atoms with van der Waals surface area (Å²) in [5, 5.41) is 0.337. The van der Waals surface area contributed by atoms with Crippen molar-refractivity contribution in [2.24, 2.45) is 5.73 Å². The number of nitrogens with two attached hydrogens (primary N) is 1. The average molecular weight is 422 g/mol. The Balaban J connectivity index is 1.52. The number of amides is 2. The summed E-state index contributed by atoms with van der Waals surface area (Å²) < 4.78 is 17.1. The van der Waals surface area contributed by atoms with E-state index in [2.05, 4.69) is 0 Å². The molecule has 8 nitrogen and oxygen atoms in total. The molecule has 31 heavy (non-hydrogen) atoms. The van der Waals surface area contributed by atoms with Crippen LogP contribution in [0.25, 0.3) is 11.0 Å². The minimum absolute atomic E-state index is 0.120. The van der Waals surface area contributed by atoms with Crippen LogP contribution < -0.4 is 20.6 Å². The molecule has 160 valence electrons. The van der Waals surface area contributed by atoms with Gasteiger partial charge in [0, 0.05) is 12.6 Å². The number of carbonyl (C=O) groups is 2. The topological polar surface area (TPSA) is 112 Å². The fraction of sp³-hybridized carbons (Fsp3) is 0.261. The number of fused-ring (bicyclic) bond motifs is 1. The lowest BCUT2D eigenvalue weighted by Gasteiger charge is -2.22. The number of para-hydroxylation sites is 1. The molecule has 1 aliphatic rings. The monoisotopic (exact) mass is 422 g/mol. The van der Waals surface area contributed by atoms with Crippen molar-refractivity contribution in [1.29, 1.82) is 0 Å². The van der Waals surface area contributed by atoms with E-state index in [1.165, 1.54) is 4.90 Å². The van der Waals surface area contributed by atoms with Crippen molar-refractivity contribution in [2.45, 2.75) is 25.8 Å². The van der Waals surface area contributed by atoms with Crippen LogP contribution in [0.5, 0.6) is 17.2 Å². The van der Waals surface area contributed by atoms with Gasteiger partial charge in [-0.1, -0.05) is 18.2 Å². The number of carbonyl (C=O) groups excluding carboxylic acids is 2. The Morgan fingerprint density at radius 2 is 1.94 bits per heavy atom. The summed E-state index contributed by atoms with van der Waals surface area (Å²) in [6, 6.07) is 13.1. The second-order valence-corrected chi connectivity index (χ2v) is 7.33. The minimum atomic E-state index is -0.587. The zero-order valence-electron chi connectivity index (χ0n) is 17.0. The molecule has 1 saturated heterocycles. The molecule has 1 aliphatic heterocycles. The number of primary amides is 1. The van der Waals surface area contributed by atoms with E-state index in [4.69, 9.17) is 19.6 Å². The quantitative estimate of drug-likeness (QED) is 0.654. The Morgan fingerprint density at radius 1 is 1.16 bits per heavy atom. The Bertz CT molecular complexity index is 1190. The van der Waals surface area contributed by atoms with Crippen LogP contribution in [-0.2, 0) is 9.59 Å². The van der Waals surface area contributed by atoms with Gasteiger partial charge in [-0.25, -0.2) is 0 Å². The van der Waals surface area contributed by atoms with Crippen LogP contribution in [0.1, 0.15) is 18.6 Å². The van der Waals surface area contributed by atoms with Crippen LogP contribution >= 0.6 is 0 Å². The lowest BCUT2D eigenvalue weighted by molar-refractivity contribution is -0.138. The summed E-state index contributed by atoms with van der Waals surface area (Å²) in [5.41, 5.74) is 5.38. The van der Waals surface area contributed by atoms with Crippen molar-refractivity contribution in [1.82, 2.24) is 4.90 Å². The summed E-state index contributed by atoms with van der Waals surface area (Å²) in [6.07, 6.45) is 1.29. The number of rotatable bonds is 6. The lowest BCUT2D eigenvalue weighted by atomic mass is 10.2. The predicted octanol–water partition coefficient (Wildman–Crippen LogP) is 2.75. The van der Waals surface area contributed by atoms with E-state index < -0.39 is 11.9 Å². The third-order valence-electron chi connectivity index (χ3n) is 5.21. The molecule has 2 aromatic carbocycles. The van der Waals surface area contributed by atoms with Crippen molar-refractivity contribution >= 4 is 22.8 Å². The normalized spacial score (nSPS) is 15.8. The number of nitrogens with zero attached hydrogens (tertiary/aromatic N) is 1. The van der Waals surface area contributed by atoms with Gasteiger partial charge in [0.15, 0.2) is 6.61 Å². The fourth-order valence-electron chi connectivity index (χ4n) is 3.67. The number of aryl methyl sites for hydroxylation is 1. The SMILES string of the molecule is Cc1oc2cc(OCC(=O)N3CCCC3C(N)=O)ccc2c(=O)c1Oc1ccccc1.